The summed E-state index contributed by atoms with van der Waals surface area (Å²) in [6, 6.07) is 10.8. The lowest BCUT2D eigenvalue weighted by Gasteiger charge is -2.15. The standard InChI is InChI=1S/C15H19N3S/c1-11(16)14-10-19-15(17-14)18-8-7-13(9-18)12-5-3-2-4-6-12/h2-6,10-11,13H,7-9,16H2,1H3. The molecule has 100 valence electrons. The average Bonchev–Trinajstić information content (AvgIpc) is 3.09. The molecule has 1 fully saturated rings. The topological polar surface area (TPSA) is 42.1 Å². The maximum absolute atomic E-state index is 5.87. The molecule has 3 rings (SSSR count). The molecule has 1 aromatic carbocycles. The van der Waals surface area contributed by atoms with E-state index in [-0.39, 0.29) is 6.04 Å². The molecule has 2 N–H and O–H groups in total. The molecular weight excluding hydrogens is 254 g/mol. The van der Waals surface area contributed by atoms with E-state index in [1.807, 2.05) is 6.92 Å². The molecule has 19 heavy (non-hydrogen) atoms. The van der Waals surface area contributed by atoms with Gasteiger partial charge in [-0.1, -0.05) is 30.3 Å². The Morgan fingerprint density at radius 3 is 2.84 bits per heavy atom. The highest BCUT2D eigenvalue weighted by Crippen LogP contribution is 2.32. The van der Waals surface area contributed by atoms with Crippen molar-refractivity contribution in [1.82, 2.24) is 4.98 Å². The predicted molar refractivity (Wildman–Crippen MR) is 80.7 cm³/mol. The van der Waals surface area contributed by atoms with Gasteiger partial charge in [-0.15, -0.1) is 11.3 Å². The van der Waals surface area contributed by atoms with Gasteiger partial charge in [-0.2, -0.15) is 0 Å². The maximum Gasteiger partial charge on any atom is 0.185 e. The van der Waals surface area contributed by atoms with E-state index in [0.29, 0.717) is 5.92 Å². The zero-order valence-electron chi connectivity index (χ0n) is 11.1. The lowest BCUT2D eigenvalue weighted by molar-refractivity contribution is 0.771. The van der Waals surface area contributed by atoms with Crippen molar-refractivity contribution in [3.8, 4) is 0 Å². The maximum atomic E-state index is 5.87. The number of hydrogen-bond acceptors (Lipinski definition) is 4. The lowest BCUT2D eigenvalue weighted by Crippen LogP contribution is -2.19. The molecule has 0 saturated carbocycles. The first-order valence-corrected chi connectivity index (χ1v) is 7.63. The lowest BCUT2D eigenvalue weighted by atomic mass is 9.99. The molecule has 2 aromatic rings. The SMILES string of the molecule is CC(N)c1csc(N2CCC(c3ccccc3)C2)n1. The van der Waals surface area contributed by atoms with Gasteiger partial charge in [0.25, 0.3) is 0 Å². The number of aromatic nitrogens is 1. The summed E-state index contributed by atoms with van der Waals surface area (Å²) >= 11 is 1.71. The quantitative estimate of drug-likeness (QED) is 0.934. The minimum Gasteiger partial charge on any atom is -0.347 e. The second-order valence-corrected chi connectivity index (χ2v) is 6.02. The molecule has 0 aliphatic carbocycles. The predicted octanol–water partition coefficient (Wildman–Crippen LogP) is 3.16. The fourth-order valence-corrected chi connectivity index (χ4v) is 3.53. The average molecular weight is 273 g/mol. The molecule has 4 heteroatoms. The van der Waals surface area contributed by atoms with Crippen LogP contribution in [-0.2, 0) is 0 Å². The Kier molecular flexibility index (Phi) is 3.53. The van der Waals surface area contributed by atoms with E-state index in [2.05, 4.69) is 45.6 Å². The van der Waals surface area contributed by atoms with Gasteiger partial charge in [0, 0.05) is 30.4 Å². The van der Waals surface area contributed by atoms with Crippen molar-refractivity contribution in [2.75, 3.05) is 18.0 Å². The molecule has 2 atom stereocenters. The number of rotatable bonds is 3. The molecule has 2 heterocycles. The van der Waals surface area contributed by atoms with Gasteiger partial charge in [0.05, 0.1) is 5.69 Å². The van der Waals surface area contributed by atoms with Crippen LogP contribution in [0.5, 0.6) is 0 Å². The second-order valence-electron chi connectivity index (χ2n) is 5.19. The Hall–Kier alpha value is -1.39. The van der Waals surface area contributed by atoms with Gasteiger partial charge < -0.3 is 10.6 Å². The van der Waals surface area contributed by atoms with E-state index in [4.69, 9.17) is 5.73 Å². The molecule has 1 aromatic heterocycles. The third kappa shape index (κ3) is 2.65. The molecule has 0 spiro atoms. The Labute approximate surface area is 118 Å². The molecule has 1 aliphatic rings. The van der Waals surface area contributed by atoms with Crippen molar-refractivity contribution in [3.63, 3.8) is 0 Å². The summed E-state index contributed by atoms with van der Waals surface area (Å²) in [5.74, 6) is 0.629. The minimum absolute atomic E-state index is 0.0255. The van der Waals surface area contributed by atoms with Gasteiger partial charge in [-0.05, 0) is 18.9 Å². The van der Waals surface area contributed by atoms with Crippen LogP contribution >= 0.6 is 11.3 Å². The van der Waals surface area contributed by atoms with Crippen LogP contribution in [0.2, 0.25) is 0 Å². The summed E-state index contributed by atoms with van der Waals surface area (Å²) in [6.07, 6.45) is 1.21. The van der Waals surface area contributed by atoms with Crippen LogP contribution in [-0.4, -0.2) is 18.1 Å². The summed E-state index contributed by atoms with van der Waals surface area (Å²) < 4.78 is 0. The van der Waals surface area contributed by atoms with Crippen LogP contribution < -0.4 is 10.6 Å². The van der Waals surface area contributed by atoms with Crippen molar-refractivity contribution >= 4 is 16.5 Å². The first-order chi connectivity index (χ1) is 9.24. The Balaban J connectivity index is 1.71. The summed E-state index contributed by atoms with van der Waals surface area (Å²) in [6.45, 7) is 4.14. The van der Waals surface area contributed by atoms with E-state index >= 15 is 0 Å². The second kappa shape index (κ2) is 5.31. The highest BCUT2D eigenvalue weighted by molar-refractivity contribution is 7.13. The molecule has 1 aliphatic heterocycles. The summed E-state index contributed by atoms with van der Waals surface area (Å²) in [4.78, 5) is 7.02. The van der Waals surface area contributed by atoms with E-state index < -0.39 is 0 Å². The molecule has 0 bridgehead atoms. The van der Waals surface area contributed by atoms with E-state index in [1.54, 1.807) is 11.3 Å². The van der Waals surface area contributed by atoms with Crippen molar-refractivity contribution in [3.05, 3.63) is 47.0 Å². The largest absolute Gasteiger partial charge is 0.347 e. The highest BCUT2D eigenvalue weighted by Gasteiger charge is 2.25. The van der Waals surface area contributed by atoms with E-state index in [1.165, 1.54) is 12.0 Å². The molecule has 1 saturated heterocycles. The van der Waals surface area contributed by atoms with Crippen LogP contribution in [0.3, 0.4) is 0 Å². The van der Waals surface area contributed by atoms with Crippen LogP contribution in [0.4, 0.5) is 5.13 Å². The van der Waals surface area contributed by atoms with Crippen molar-refractivity contribution in [2.45, 2.75) is 25.3 Å². The molecular formula is C15H19N3S. The van der Waals surface area contributed by atoms with Crippen molar-refractivity contribution in [1.29, 1.82) is 0 Å². The number of anilines is 1. The number of nitrogens with two attached hydrogens (primary N) is 1. The monoisotopic (exact) mass is 273 g/mol. The Morgan fingerprint density at radius 1 is 1.37 bits per heavy atom. The Morgan fingerprint density at radius 2 is 2.16 bits per heavy atom. The Bertz CT molecular complexity index is 535. The van der Waals surface area contributed by atoms with Crippen LogP contribution in [0, 0.1) is 0 Å². The number of benzene rings is 1. The first-order valence-electron chi connectivity index (χ1n) is 6.75. The third-order valence-electron chi connectivity index (χ3n) is 3.71. The smallest absolute Gasteiger partial charge is 0.185 e. The van der Waals surface area contributed by atoms with E-state index in [9.17, 15) is 0 Å². The third-order valence-corrected chi connectivity index (χ3v) is 4.63. The fraction of sp³-hybridized carbons (Fsp3) is 0.400. The van der Waals surface area contributed by atoms with Gasteiger partial charge in [0.2, 0.25) is 0 Å². The van der Waals surface area contributed by atoms with Crippen LogP contribution in [0.15, 0.2) is 35.7 Å². The normalized spacial score (nSPS) is 20.7. The molecule has 2 unspecified atom stereocenters. The minimum atomic E-state index is 0.0255. The van der Waals surface area contributed by atoms with Crippen LogP contribution in [0.25, 0.3) is 0 Å². The van der Waals surface area contributed by atoms with Crippen LogP contribution in [0.1, 0.15) is 36.6 Å². The number of hydrogen-bond donors (Lipinski definition) is 1. The van der Waals surface area contributed by atoms with Crippen molar-refractivity contribution < 1.29 is 0 Å². The zero-order chi connectivity index (χ0) is 13.2. The summed E-state index contributed by atoms with van der Waals surface area (Å²) in [7, 11) is 0. The zero-order valence-corrected chi connectivity index (χ0v) is 11.9. The summed E-state index contributed by atoms with van der Waals surface area (Å²) in [5.41, 5.74) is 8.31. The fourth-order valence-electron chi connectivity index (χ4n) is 2.56. The van der Waals surface area contributed by atoms with Gasteiger partial charge in [0.15, 0.2) is 5.13 Å². The van der Waals surface area contributed by atoms with Crippen molar-refractivity contribution in [2.24, 2.45) is 5.73 Å². The first kappa shape index (κ1) is 12.6. The van der Waals surface area contributed by atoms with Gasteiger partial charge in [-0.3, -0.25) is 0 Å². The highest BCUT2D eigenvalue weighted by atomic mass is 32.1. The molecule has 0 radical (unpaired) electrons. The van der Waals surface area contributed by atoms with E-state index in [0.717, 1.165) is 23.9 Å². The molecule has 0 amide bonds. The molecule has 3 nitrogen and oxygen atoms in total. The van der Waals surface area contributed by atoms with Gasteiger partial charge in [-0.25, -0.2) is 4.98 Å². The van der Waals surface area contributed by atoms with Gasteiger partial charge in [0.1, 0.15) is 0 Å². The number of thiazole rings is 1. The van der Waals surface area contributed by atoms with Gasteiger partial charge >= 0.3 is 0 Å². The number of nitrogens with zero attached hydrogens (tertiary/aromatic N) is 2. The summed E-state index contributed by atoms with van der Waals surface area (Å²) in [5, 5.41) is 3.20.